The molecule has 9 nitrogen and oxygen atoms in total. The molecule has 0 bridgehead atoms. The van der Waals surface area contributed by atoms with E-state index in [1.54, 1.807) is 30.3 Å². The SMILES string of the molecule is O=C(CCCN1C(=O)c2ccccc2C1=O)NNC(=O)c1cc(-c2ccccc2)n[nH]1. The Morgan fingerprint density at radius 3 is 2.23 bits per heavy atom. The molecule has 1 aliphatic rings. The quantitative estimate of drug-likeness (QED) is 0.417. The molecule has 0 fully saturated rings. The van der Waals surface area contributed by atoms with Crippen LogP contribution in [0.5, 0.6) is 0 Å². The lowest BCUT2D eigenvalue weighted by molar-refractivity contribution is -0.122. The summed E-state index contributed by atoms with van der Waals surface area (Å²) in [6.07, 6.45) is 0.307. The minimum Gasteiger partial charge on any atom is -0.274 e. The van der Waals surface area contributed by atoms with Gasteiger partial charge in [0.1, 0.15) is 5.69 Å². The van der Waals surface area contributed by atoms with E-state index in [9.17, 15) is 19.2 Å². The predicted molar refractivity (Wildman–Crippen MR) is 111 cm³/mol. The van der Waals surface area contributed by atoms with Crippen molar-refractivity contribution in [1.82, 2.24) is 25.9 Å². The van der Waals surface area contributed by atoms with Crippen molar-refractivity contribution < 1.29 is 19.2 Å². The molecule has 3 N–H and O–H groups in total. The number of aromatic amines is 1. The number of hydrogen-bond acceptors (Lipinski definition) is 5. The Balaban J connectivity index is 1.23. The first kappa shape index (κ1) is 20.0. The highest BCUT2D eigenvalue weighted by atomic mass is 16.2. The number of H-pyrrole nitrogens is 1. The van der Waals surface area contributed by atoms with Crippen molar-refractivity contribution in [3.05, 3.63) is 77.5 Å². The van der Waals surface area contributed by atoms with Gasteiger partial charge >= 0.3 is 0 Å². The van der Waals surface area contributed by atoms with Crippen LogP contribution in [0, 0.1) is 0 Å². The van der Waals surface area contributed by atoms with E-state index >= 15 is 0 Å². The van der Waals surface area contributed by atoms with E-state index in [1.165, 1.54) is 0 Å². The predicted octanol–water partition coefficient (Wildman–Crippen LogP) is 1.91. The fourth-order valence-electron chi connectivity index (χ4n) is 3.29. The number of carbonyl (C=O) groups excluding carboxylic acids is 4. The lowest BCUT2D eigenvalue weighted by Crippen LogP contribution is -2.42. The Kier molecular flexibility index (Phi) is 5.57. The number of nitrogens with zero attached hydrogens (tertiary/aromatic N) is 2. The second-order valence-electron chi connectivity index (χ2n) is 6.95. The third-order valence-corrected chi connectivity index (χ3v) is 4.87. The van der Waals surface area contributed by atoms with E-state index < -0.39 is 11.8 Å². The topological polar surface area (TPSA) is 124 Å². The number of carbonyl (C=O) groups is 4. The highest BCUT2D eigenvalue weighted by Gasteiger charge is 2.34. The van der Waals surface area contributed by atoms with Gasteiger partial charge in [0, 0.05) is 18.5 Å². The maximum Gasteiger partial charge on any atom is 0.287 e. The van der Waals surface area contributed by atoms with Gasteiger partial charge < -0.3 is 0 Å². The summed E-state index contributed by atoms with van der Waals surface area (Å²) < 4.78 is 0. The molecule has 0 spiro atoms. The van der Waals surface area contributed by atoms with E-state index in [-0.39, 0.29) is 36.9 Å². The van der Waals surface area contributed by atoms with Crippen LogP contribution < -0.4 is 10.9 Å². The molecule has 3 aromatic rings. The van der Waals surface area contributed by atoms with E-state index in [1.807, 2.05) is 30.3 Å². The molecule has 0 radical (unpaired) electrons. The molecule has 0 unspecified atom stereocenters. The molecule has 2 aromatic carbocycles. The second kappa shape index (κ2) is 8.62. The molecule has 1 aliphatic heterocycles. The Bertz CT molecular complexity index is 1120. The van der Waals surface area contributed by atoms with Gasteiger partial charge in [-0.3, -0.25) is 40.0 Å². The van der Waals surface area contributed by atoms with Gasteiger partial charge in [-0.05, 0) is 24.6 Å². The second-order valence-corrected chi connectivity index (χ2v) is 6.95. The van der Waals surface area contributed by atoms with Crippen LogP contribution in [0.4, 0.5) is 0 Å². The smallest absolute Gasteiger partial charge is 0.274 e. The van der Waals surface area contributed by atoms with Gasteiger partial charge in [-0.2, -0.15) is 5.10 Å². The number of hydrazine groups is 1. The summed E-state index contributed by atoms with van der Waals surface area (Å²) >= 11 is 0. The Labute approximate surface area is 177 Å². The molecule has 1 aromatic heterocycles. The van der Waals surface area contributed by atoms with Gasteiger partial charge in [0.25, 0.3) is 17.7 Å². The van der Waals surface area contributed by atoms with Crippen molar-refractivity contribution in [3.63, 3.8) is 0 Å². The number of hydrogen-bond donors (Lipinski definition) is 3. The van der Waals surface area contributed by atoms with Gasteiger partial charge in [0.15, 0.2) is 0 Å². The lowest BCUT2D eigenvalue weighted by Gasteiger charge is -2.13. The van der Waals surface area contributed by atoms with Crippen molar-refractivity contribution >= 4 is 23.6 Å². The summed E-state index contributed by atoms with van der Waals surface area (Å²) in [5.74, 6) is -1.69. The minimum absolute atomic E-state index is 0.0337. The molecule has 31 heavy (non-hydrogen) atoms. The van der Waals surface area contributed by atoms with E-state index in [4.69, 9.17) is 0 Å². The summed E-state index contributed by atoms with van der Waals surface area (Å²) in [5, 5.41) is 6.72. The number of imide groups is 1. The molecule has 0 aliphatic carbocycles. The maximum absolute atomic E-state index is 12.3. The summed E-state index contributed by atoms with van der Waals surface area (Å²) in [5.41, 5.74) is 7.05. The van der Waals surface area contributed by atoms with Gasteiger partial charge in [-0.1, -0.05) is 42.5 Å². The molecule has 0 saturated heterocycles. The summed E-state index contributed by atoms with van der Waals surface area (Å²) in [6.45, 7) is 0.120. The van der Waals surface area contributed by atoms with Crippen molar-refractivity contribution in [2.24, 2.45) is 0 Å². The van der Waals surface area contributed by atoms with Gasteiger partial charge in [-0.25, -0.2) is 0 Å². The molecule has 0 atom stereocenters. The normalized spacial score (nSPS) is 12.6. The van der Waals surface area contributed by atoms with Crippen LogP contribution in [-0.2, 0) is 4.79 Å². The van der Waals surface area contributed by atoms with Crippen LogP contribution in [0.2, 0.25) is 0 Å². The number of nitrogens with one attached hydrogen (secondary N) is 3. The van der Waals surface area contributed by atoms with Crippen LogP contribution in [0.15, 0.2) is 60.7 Å². The lowest BCUT2D eigenvalue weighted by atomic mass is 10.1. The molecule has 4 rings (SSSR count). The van der Waals surface area contributed by atoms with E-state index in [2.05, 4.69) is 21.0 Å². The molecule has 156 valence electrons. The van der Waals surface area contributed by atoms with Crippen LogP contribution in [0.25, 0.3) is 11.3 Å². The van der Waals surface area contributed by atoms with Crippen LogP contribution in [0.1, 0.15) is 44.0 Å². The zero-order valence-electron chi connectivity index (χ0n) is 16.4. The average Bonchev–Trinajstić information content (AvgIpc) is 3.38. The summed E-state index contributed by atoms with van der Waals surface area (Å²) in [4.78, 5) is 49.9. The monoisotopic (exact) mass is 417 g/mol. The Hall–Kier alpha value is -4.27. The first-order chi connectivity index (χ1) is 15.0. The van der Waals surface area contributed by atoms with Crippen LogP contribution >= 0.6 is 0 Å². The van der Waals surface area contributed by atoms with E-state index in [0.717, 1.165) is 10.5 Å². The van der Waals surface area contributed by atoms with Crippen molar-refractivity contribution in [1.29, 1.82) is 0 Å². The van der Waals surface area contributed by atoms with Gasteiger partial charge in [0.05, 0.1) is 16.8 Å². The molecule has 9 heteroatoms. The highest BCUT2D eigenvalue weighted by Crippen LogP contribution is 2.22. The third kappa shape index (κ3) is 4.20. The summed E-state index contributed by atoms with van der Waals surface area (Å²) in [7, 11) is 0. The zero-order valence-corrected chi connectivity index (χ0v) is 16.4. The fraction of sp³-hybridized carbons (Fsp3) is 0.136. The molecule has 2 heterocycles. The largest absolute Gasteiger partial charge is 0.287 e. The number of rotatable bonds is 6. The number of aromatic nitrogens is 2. The number of amides is 4. The average molecular weight is 417 g/mol. The van der Waals surface area contributed by atoms with Crippen molar-refractivity contribution in [3.8, 4) is 11.3 Å². The fourth-order valence-corrected chi connectivity index (χ4v) is 3.29. The summed E-state index contributed by atoms with van der Waals surface area (Å²) in [6, 6.07) is 17.6. The Morgan fingerprint density at radius 1 is 0.903 bits per heavy atom. The first-order valence-corrected chi connectivity index (χ1v) is 9.70. The molecule has 0 saturated carbocycles. The van der Waals surface area contributed by atoms with Crippen molar-refractivity contribution in [2.75, 3.05) is 6.54 Å². The highest BCUT2D eigenvalue weighted by molar-refractivity contribution is 6.21. The number of fused-ring (bicyclic) bond motifs is 1. The third-order valence-electron chi connectivity index (χ3n) is 4.87. The minimum atomic E-state index is -0.539. The first-order valence-electron chi connectivity index (χ1n) is 9.70. The number of benzene rings is 2. The van der Waals surface area contributed by atoms with E-state index in [0.29, 0.717) is 16.8 Å². The zero-order chi connectivity index (χ0) is 21.8. The van der Waals surface area contributed by atoms with Gasteiger partial charge in [0.2, 0.25) is 5.91 Å². The van der Waals surface area contributed by atoms with Crippen LogP contribution in [-0.4, -0.2) is 45.3 Å². The standard InChI is InChI=1S/C22H19N5O4/c28-19(11-6-12-27-21(30)15-9-4-5-10-16(15)22(27)31)25-26-20(29)18-13-17(23-24-18)14-7-2-1-3-8-14/h1-5,7-10,13H,6,11-12H2,(H,23,24)(H,25,28)(H,26,29). The van der Waals surface area contributed by atoms with Gasteiger partial charge in [-0.15, -0.1) is 0 Å². The maximum atomic E-state index is 12.3. The molecular formula is C22H19N5O4. The molecular weight excluding hydrogens is 398 g/mol. The van der Waals surface area contributed by atoms with Crippen molar-refractivity contribution in [2.45, 2.75) is 12.8 Å². The van der Waals surface area contributed by atoms with Crippen LogP contribution in [0.3, 0.4) is 0 Å². The Morgan fingerprint density at radius 2 is 1.55 bits per heavy atom. The molecule has 4 amide bonds.